The van der Waals surface area contributed by atoms with Crippen molar-refractivity contribution >= 4 is 11.8 Å². The number of aliphatic hydroxyl groups is 2. The average Bonchev–Trinajstić information content (AvgIpc) is 2.84. The van der Waals surface area contributed by atoms with Crippen molar-refractivity contribution < 1.29 is 24.5 Å². The van der Waals surface area contributed by atoms with Crippen LogP contribution in [-0.2, 0) is 15.3 Å². The van der Waals surface area contributed by atoms with Crippen LogP contribution in [0.15, 0.2) is 35.5 Å². The molecule has 2 aliphatic rings. The molecule has 6 heteroatoms. The first kappa shape index (κ1) is 14.7. The summed E-state index contributed by atoms with van der Waals surface area (Å²) in [6, 6.07) is 6.37. The Labute approximate surface area is 127 Å². The highest BCUT2D eigenvalue weighted by molar-refractivity contribution is 6.16. The number of benzene rings is 1. The molecule has 0 saturated carbocycles. The van der Waals surface area contributed by atoms with E-state index in [-0.39, 0.29) is 23.3 Å². The number of rotatable bonds is 3. The Balaban J connectivity index is 2.23. The van der Waals surface area contributed by atoms with Gasteiger partial charge in [0.05, 0.1) is 6.61 Å². The first-order valence-electron chi connectivity index (χ1n) is 7.19. The minimum Gasteiger partial charge on any atom is -0.462 e. The number of esters is 1. The maximum absolute atomic E-state index is 12.7. The number of ether oxygens (including phenoxy) is 1. The number of hydrogen-bond donors (Lipinski definition) is 3. The van der Waals surface area contributed by atoms with Gasteiger partial charge in [-0.1, -0.05) is 31.2 Å². The van der Waals surface area contributed by atoms with Crippen LogP contribution in [0.25, 0.3) is 0 Å². The summed E-state index contributed by atoms with van der Waals surface area (Å²) in [5, 5.41) is 24.7. The lowest BCUT2D eigenvalue weighted by molar-refractivity contribution is -0.146. The highest BCUT2D eigenvalue weighted by Crippen LogP contribution is 2.51. The quantitative estimate of drug-likeness (QED) is 0.707. The Morgan fingerprint density at radius 2 is 1.95 bits per heavy atom. The second-order valence-electron chi connectivity index (χ2n) is 5.35. The van der Waals surface area contributed by atoms with E-state index in [0.717, 1.165) is 0 Å². The number of hydrogen-bond acceptors (Lipinski definition) is 6. The Bertz CT molecular complexity index is 710. The van der Waals surface area contributed by atoms with Crippen molar-refractivity contribution in [3.8, 4) is 0 Å². The third-order valence-corrected chi connectivity index (χ3v) is 4.24. The molecule has 0 spiro atoms. The van der Waals surface area contributed by atoms with Gasteiger partial charge in [-0.2, -0.15) is 0 Å². The molecule has 0 radical (unpaired) electrons. The van der Waals surface area contributed by atoms with Crippen LogP contribution in [0.1, 0.15) is 36.2 Å². The van der Waals surface area contributed by atoms with Crippen LogP contribution >= 0.6 is 0 Å². The molecule has 3 rings (SSSR count). The summed E-state index contributed by atoms with van der Waals surface area (Å²) in [6.45, 7) is 3.49. The van der Waals surface area contributed by atoms with Crippen molar-refractivity contribution in [1.82, 2.24) is 5.32 Å². The number of Topliss-reactive ketones (excluding diaryl/α,β-unsaturated/α-hetero) is 1. The molecule has 1 aromatic rings. The lowest BCUT2D eigenvalue weighted by Gasteiger charge is -2.31. The van der Waals surface area contributed by atoms with Gasteiger partial charge >= 0.3 is 5.97 Å². The first-order chi connectivity index (χ1) is 10.4. The Morgan fingerprint density at radius 3 is 2.59 bits per heavy atom. The molecule has 0 bridgehead atoms. The van der Waals surface area contributed by atoms with Gasteiger partial charge in [0.2, 0.25) is 17.1 Å². The van der Waals surface area contributed by atoms with Crippen LogP contribution in [0.4, 0.5) is 0 Å². The smallest absolute Gasteiger partial charge is 0.339 e. The fourth-order valence-corrected chi connectivity index (χ4v) is 3.24. The maximum Gasteiger partial charge on any atom is 0.339 e. The summed E-state index contributed by atoms with van der Waals surface area (Å²) in [4.78, 5) is 25.0. The summed E-state index contributed by atoms with van der Waals surface area (Å²) in [5.41, 5.74) is -3.86. The highest BCUT2D eigenvalue weighted by Gasteiger charge is 2.70. The maximum atomic E-state index is 12.7. The monoisotopic (exact) mass is 303 g/mol. The lowest BCUT2D eigenvalue weighted by atomic mass is 9.85. The molecular formula is C16H17NO5. The van der Waals surface area contributed by atoms with E-state index in [4.69, 9.17) is 4.74 Å². The molecular weight excluding hydrogens is 286 g/mol. The van der Waals surface area contributed by atoms with E-state index >= 15 is 0 Å². The zero-order valence-electron chi connectivity index (χ0n) is 12.3. The Morgan fingerprint density at radius 1 is 1.27 bits per heavy atom. The van der Waals surface area contributed by atoms with E-state index < -0.39 is 23.1 Å². The molecule has 3 N–H and O–H groups in total. The van der Waals surface area contributed by atoms with E-state index in [1.165, 1.54) is 6.07 Å². The van der Waals surface area contributed by atoms with E-state index in [9.17, 15) is 19.8 Å². The summed E-state index contributed by atoms with van der Waals surface area (Å²) in [5.74, 6) is -1.50. The summed E-state index contributed by atoms with van der Waals surface area (Å²) >= 11 is 0. The standard InChI is InChI=1S/C16H17NO5/c1-3-11-12(14(19)22-4-2)15(20)13(18)9-7-5-6-8-10(9)16(15,21)17-11/h5-8,17,20-21H,3-4H2,1-2H3/t15-,16-/m1/s1. The van der Waals surface area contributed by atoms with Gasteiger partial charge < -0.3 is 20.3 Å². The molecule has 1 heterocycles. The van der Waals surface area contributed by atoms with Gasteiger partial charge in [0.15, 0.2) is 0 Å². The van der Waals surface area contributed by atoms with E-state index in [1.807, 2.05) is 0 Å². The van der Waals surface area contributed by atoms with Crippen molar-refractivity contribution in [3.63, 3.8) is 0 Å². The number of allylic oxidation sites excluding steroid dienone is 1. The second kappa shape index (κ2) is 4.66. The predicted molar refractivity (Wildman–Crippen MR) is 76.7 cm³/mol. The van der Waals surface area contributed by atoms with Gasteiger partial charge in [-0.05, 0) is 13.3 Å². The van der Waals surface area contributed by atoms with Crippen LogP contribution < -0.4 is 5.32 Å². The number of nitrogens with one attached hydrogen (secondary N) is 1. The largest absolute Gasteiger partial charge is 0.462 e. The molecule has 6 nitrogen and oxygen atoms in total. The van der Waals surface area contributed by atoms with Crippen LogP contribution in [-0.4, -0.2) is 34.2 Å². The SMILES string of the molecule is CCOC(=O)C1=C(CC)N[C@@]2(O)c3ccccc3C(=O)[C@]12O. The third kappa shape index (κ3) is 1.51. The first-order valence-corrected chi connectivity index (χ1v) is 7.19. The summed E-state index contributed by atoms with van der Waals surface area (Å²) in [7, 11) is 0. The summed E-state index contributed by atoms with van der Waals surface area (Å²) < 4.78 is 4.96. The molecule has 0 fully saturated rings. The molecule has 0 aromatic heterocycles. The van der Waals surface area contributed by atoms with E-state index in [0.29, 0.717) is 12.1 Å². The second-order valence-corrected chi connectivity index (χ2v) is 5.35. The Kier molecular flexibility index (Phi) is 3.12. The lowest BCUT2D eigenvalue weighted by Crippen LogP contribution is -2.56. The minimum absolute atomic E-state index is 0.106. The Hall–Kier alpha value is -2.18. The van der Waals surface area contributed by atoms with Gasteiger partial charge in [0.1, 0.15) is 5.57 Å². The zero-order chi connectivity index (χ0) is 16.1. The normalized spacial score (nSPS) is 29.2. The predicted octanol–water partition coefficient (Wildman–Crippen LogP) is 0.590. The molecule has 116 valence electrons. The average molecular weight is 303 g/mol. The number of fused-ring (bicyclic) bond motifs is 3. The van der Waals surface area contributed by atoms with Crippen LogP contribution in [0.2, 0.25) is 0 Å². The van der Waals surface area contributed by atoms with Crippen LogP contribution in [0.5, 0.6) is 0 Å². The topological polar surface area (TPSA) is 95.9 Å². The number of carbonyl (C=O) groups excluding carboxylic acids is 2. The van der Waals surface area contributed by atoms with Crippen molar-refractivity contribution in [2.45, 2.75) is 31.6 Å². The third-order valence-electron chi connectivity index (χ3n) is 4.24. The molecule has 0 amide bonds. The number of ketones is 1. The van der Waals surface area contributed by atoms with Gasteiger partial charge in [-0.15, -0.1) is 0 Å². The number of carbonyl (C=O) groups is 2. The summed E-state index contributed by atoms with van der Waals surface area (Å²) in [6.07, 6.45) is 0.341. The van der Waals surface area contributed by atoms with Gasteiger partial charge in [-0.3, -0.25) is 4.79 Å². The molecule has 1 aliphatic carbocycles. The van der Waals surface area contributed by atoms with Gasteiger partial charge in [0.25, 0.3) is 0 Å². The molecule has 2 atom stereocenters. The van der Waals surface area contributed by atoms with Crippen molar-refractivity contribution in [3.05, 3.63) is 46.7 Å². The van der Waals surface area contributed by atoms with Crippen LogP contribution in [0, 0.1) is 0 Å². The fourth-order valence-electron chi connectivity index (χ4n) is 3.24. The molecule has 0 saturated heterocycles. The molecule has 22 heavy (non-hydrogen) atoms. The zero-order valence-corrected chi connectivity index (χ0v) is 12.3. The molecule has 0 unspecified atom stereocenters. The highest BCUT2D eigenvalue weighted by atomic mass is 16.5. The van der Waals surface area contributed by atoms with E-state index in [1.54, 1.807) is 32.0 Å². The van der Waals surface area contributed by atoms with Crippen molar-refractivity contribution in [2.75, 3.05) is 6.61 Å². The van der Waals surface area contributed by atoms with Crippen molar-refractivity contribution in [1.29, 1.82) is 0 Å². The fraction of sp³-hybridized carbons (Fsp3) is 0.375. The van der Waals surface area contributed by atoms with Crippen LogP contribution in [0.3, 0.4) is 0 Å². The van der Waals surface area contributed by atoms with Gasteiger partial charge in [0, 0.05) is 16.8 Å². The van der Waals surface area contributed by atoms with Crippen molar-refractivity contribution in [2.24, 2.45) is 0 Å². The molecule has 1 aliphatic heterocycles. The van der Waals surface area contributed by atoms with E-state index in [2.05, 4.69) is 5.32 Å². The minimum atomic E-state index is -2.37. The molecule has 1 aromatic carbocycles. The van der Waals surface area contributed by atoms with Gasteiger partial charge in [-0.25, -0.2) is 4.79 Å².